The number of carbonyl (C=O) groups is 1. The Kier molecular flexibility index (Phi) is 4.70. The average Bonchev–Trinajstić information content (AvgIpc) is 3.11. The normalized spacial score (nSPS) is 14.3. The largest absolute Gasteiger partial charge is 0.388 e. The Morgan fingerprint density at radius 2 is 1.57 bits per heavy atom. The number of halogens is 7. The SMILES string of the molecule is O=C(CO)c1cc(F)c(Cn2nnc(-c3ccc(S(F)(F)(F)(F)F)cc3)n2)c(F)c1. The lowest BCUT2D eigenvalue weighted by Gasteiger charge is -2.40. The fourth-order valence-corrected chi connectivity index (χ4v) is 3.09. The van der Waals surface area contributed by atoms with E-state index in [9.17, 15) is 33.0 Å². The number of hydrogen-bond acceptors (Lipinski definition) is 5. The maximum atomic E-state index is 14.1. The van der Waals surface area contributed by atoms with Crippen LogP contribution in [-0.4, -0.2) is 37.7 Å². The van der Waals surface area contributed by atoms with Crippen molar-refractivity contribution in [3.8, 4) is 11.4 Å². The van der Waals surface area contributed by atoms with Crippen LogP contribution in [0.15, 0.2) is 41.3 Å². The number of aliphatic hydroxyl groups excluding tert-OH is 1. The van der Waals surface area contributed by atoms with Gasteiger partial charge in [-0.1, -0.05) is 19.4 Å². The predicted octanol–water partition coefficient (Wildman–Crippen LogP) is 4.50. The van der Waals surface area contributed by atoms with E-state index in [1.165, 1.54) is 0 Å². The second kappa shape index (κ2) is 6.50. The van der Waals surface area contributed by atoms with Gasteiger partial charge < -0.3 is 5.11 Å². The van der Waals surface area contributed by atoms with E-state index in [-0.39, 0.29) is 29.1 Å². The van der Waals surface area contributed by atoms with Gasteiger partial charge in [-0.05, 0) is 41.6 Å². The number of ketones is 1. The molecule has 0 aliphatic rings. The summed E-state index contributed by atoms with van der Waals surface area (Å²) in [4.78, 5) is 9.97. The van der Waals surface area contributed by atoms with Gasteiger partial charge in [0.1, 0.15) is 23.1 Å². The molecule has 0 bridgehead atoms. The molecule has 0 saturated carbocycles. The number of hydrogen-bond donors (Lipinski definition) is 1. The zero-order valence-electron chi connectivity index (χ0n) is 14.6. The summed E-state index contributed by atoms with van der Waals surface area (Å²) in [6.07, 6.45) is 0. The number of nitrogens with zero attached hydrogens (tertiary/aromatic N) is 4. The molecular formula is C16H11F7N4O2S. The number of Topliss-reactive ketones (excluding diaryl/α,β-unsaturated/α-hetero) is 1. The minimum atomic E-state index is -9.83. The van der Waals surface area contributed by atoms with Gasteiger partial charge in [0.25, 0.3) is 0 Å². The van der Waals surface area contributed by atoms with Gasteiger partial charge in [0, 0.05) is 16.7 Å². The molecule has 0 radical (unpaired) electrons. The first-order chi connectivity index (χ1) is 13.7. The second-order valence-corrected chi connectivity index (χ2v) is 8.55. The molecule has 2 aromatic carbocycles. The Balaban J connectivity index is 1.85. The molecule has 1 N–H and O–H groups in total. The van der Waals surface area contributed by atoms with Gasteiger partial charge in [0.15, 0.2) is 5.78 Å². The molecule has 1 aromatic heterocycles. The standard InChI is InChI=1S/C16H11F7N4O2S/c17-13-5-10(15(29)8-28)6-14(18)12(13)7-27-25-16(24-26-27)9-1-3-11(4-2-9)30(19,20,21,22)23/h1-6,28H,7-8H2. The number of carbonyl (C=O) groups excluding carboxylic acids is 1. The molecule has 0 unspecified atom stereocenters. The van der Waals surface area contributed by atoms with E-state index in [4.69, 9.17) is 5.11 Å². The summed E-state index contributed by atoms with van der Waals surface area (Å²) in [6.45, 7) is -1.52. The van der Waals surface area contributed by atoms with Crippen molar-refractivity contribution in [3.63, 3.8) is 0 Å². The minimum absolute atomic E-state index is 0.0864. The lowest BCUT2D eigenvalue weighted by atomic mass is 10.1. The van der Waals surface area contributed by atoms with Gasteiger partial charge in [-0.15, -0.1) is 10.2 Å². The van der Waals surface area contributed by atoms with Crippen LogP contribution in [-0.2, 0) is 6.54 Å². The first-order valence-corrected chi connectivity index (χ1v) is 9.87. The van der Waals surface area contributed by atoms with Crippen LogP contribution in [0.5, 0.6) is 0 Å². The average molecular weight is 456 g/mol. The van der Waals surface area contributed by atoms with Crippen LogP contribution in [0, 0.1) is 11.6 Å². The van der Waals surface area contributed by atoms with Crippen molar-refractivity contribution in [2.24, 2.45) is 0 Å². The first kappa shape index (κ1) is 21.7. The van der Waals surface area contributed by atoms with Crippen molar-refractivity contribution < 1.29 is 38.1 Å². The summed E-state index contributed by atoms with van der Waals surface area (Å²) >= 11 is 0. The summed E-state index contributed by atoms with van der Waals surface area (Å²) in [5.41, 5.74) is -1.01. The van der Waals surface area contributed by atoms with E-state index < -0.39 is 51.3 Å². The van der Waals surface area contributed by atoms with Crippen LogP contribution in [0.1, 0.15) is 15.9 Å². The maximum Gasteiger partial charge on any atom is 0.310 e. The van der Waals surface area contributed by atoms with Crippen LogP contribution >= 0.6 is 10.2 Å². The highest BCUT2D eigenvalue weighted by Crippen LogP contribution is 3.02. The molecule has 162 valence electrons. The van der Waals surface area contributed by atoms with Crippen molar-refractivity contribution in [1.29, 1.82) is 0 Å². The molecule has 0 saturated heterocycles. The van der Waals surface area contributed by atoms with Gasteiger partial charge in [0.05, 0.1) is 6.54 Å². The maximum absolute atomic E-state index is 14.1. The van der Waals surface area contributed by atoms with Crippen molar-refractivity contribution in [1.82, 2.24) is 20.2 Å². The lowest BCUT2D eigenvalue weighted by molar-refractivity contribution is 0.0902. The molecule has 0 atom stereocenters. The van der Waals surface area contributed by atoms with Crippen molar-refractivity contribution in [3.05, 3.63) is 59.2 Å². The number of aliphatic hydroxyl groups is 1. The lowest BCUT2D eigenvalue weighted by Crippen LogP contribution is -2.11. The van der Waals surface area contributed by atoms with E-state index in [2.05, 4.69) is 15.4 Å². The summed E-state index contributed by atoms with van der Waals surface area (Å²) in [6, 6.07) is 3.21. The Morgan fingerprint density at radius 1 is 1.00 bits per heavy atom. The summed E-state index contributed by atoms with van der Waals surface area (Å²) in [5.74, 6) is -3.40. The van der Waals surface area contributed by atoms with E-state index >= 15 is 0 Å². The Morgan fingerprint density at radius 3 is 2.07 bits per heavy atom. The third kappa shape index (κ3) is 4.59. The first-order valence-electron chi connectivity index (χ1n) is 7.92. The van der Waals surface area contributed by atoms with E-state index in [1.54, 1.807) is 0 Å². The Bertz CT molecular complexity index is 1110. The van der Waals surface area contributed by atoms with Gasteiger partial charge in [-0.3, -0.25) is 4.79 Å². The third-order valence-corrected chi connectivity index (χ3v) is 5.08. The molecule has 14 heteroatoms. The van der Waals surface area contributed by atoms with E-state index in [1.807, 2.05) is 0 Å². The van der Waals surface area contributed by atoms with Crippen molar-refractivity contribution in [2.75, 3.05) is 6.61 Å². The molecule has 0 fully saturated rings. The van der Waals surface area contributed by atoms with E-state index in [0.717, 1.165) is 4.80 Å². The van der Waals surface area contributed by atoms with Crippen molar-refractivity contribution >= 4 is 16.0 Å². The van der Waals surface area contributed by atoms with Crippen LogP contribution in [0.25, 0.3) is 11.4 Å². The smallest absolute Gasteiger partial charge is 0.310 e. The molecule has 0 amide bonds. The zero-order chi connectivity index (χ0) is 22.4. The number of benzene rings is 2. The highest BCUT2D eigenvalue weighted by atomic mass is 32.5. The second-order valence-electron chi connectivity index (χ2n) is 6.14. The molecule has 3 rings (SSSR count). The van der Waals surface area contributed by atoms with Gasteiger partial charge in [0.2, 0.25) is 5.82 Å². The molecule has 3 aromatic rings. The molecule has 0 spiro atoms. The third-order valence-electron chi connectivity index (χ3n) is 3.92. The minimum Gasteiger partial charge on any atom is -0.388 e. The zero-order valence-corrected chi connectivity index (χ0v) is 15.4. The molecule has 0 aliphatic heterocycles. The Labute approximate surface area is 163 Å². The molecular weight excluding hydrogens is 445 g/mol. The monoisotopic (exact) mass is 456 g/mol. The number of rotatable bonds is 6. The van der Waals surface area contributed by atoms with Crippen LogP contribution in [0.4, 0.5) is 28.2 Å². The fourth-order valence-electron chi connectivity index (χ4n) is 2.43. The molecule has 1 heterocycles. The topological polar surface area (TPSA) is 80.9 Å². The molecule has 6 nitrogen and oxygen atoms in total. The predicted molar refractivity (Wildman–Crippen MR) is 91.5 cm³/mol. The summed E-state index contributed by atoms with van der Waals surface area (Å²) < 4.78 is 92.0. The quantitative estimate of drug-likeness (QED) is 0.437. The van der Waals surface area contributed by atoms with Crippen LogP contribution in [0.2, 0.25) is 0 Å². The van der Waals surface area contributed by atoms with Gasteiger partial charge >= 0.3 is 10.2 Å². The number of tetrazole rings is 1. The number of aromatic nitrogens is 4. The molecule has 0 aliphatic carbocycles. The van der Waals surface area contributed by atoms with Crippen molar-refractivity contribution in [2.45, 2.75) is 11.4 Å². The molecule has 30 heavy (non-hydrogen) atoms. The highest BCUT2D eigenvalue weighted by Gasteiger charge is 2.65. The van der Waals surface area contributed by atoms with Gasteiger partial charge in [-0.25, -0.2) is 8.78 Å². The Hall–Kier alpha value is -3.00. The van der Waals surface area contributed by atoms with Gasteiger partial charge in [-0.2, -0.15) is 4.80 Å². The van der Waals surface area contributed by atoms with E-state index in [0.29, 0.717) is 24.3 Å². The highest BCUT2D eigenvalue weighted by molar-refractivity contribution is 8.45. The summed E-state index contributed by atoms with van der Waals surface area (Å²) in [5, 5.41) is 19.5. The fraction of sp³-hybridized carbons (Fsp3) is 0.125. The van der Waals surface area contributed by atoms with Crippen LogP contribution < -0.4 is 0 Å². The summed E-state index contributed by atoms with van der Waals surface area (Å²) in [7, 11) is -9.83. The van der Waals surface area contributed by atoms with Crippen LogP contribution in [0.3, 0.4) is 0 Å².